The molecule has 0 fully saturated rings. The van der Waals surface area contributed by atoms with Crippen LogP contribution >= 0.6 is 23.4 Å². The van der Waals surface area contributed by atoms with Gasteiger partial charge in [0.05, 0.1) is 5.25 Å². The summed E-state index contributed by atoms with van der Waals surface area (Å²) in [5.41, 5.74) is 0.965. The van der Waals surface area contributed by atoms with E-state index in [1.54, 1.807) is 6.92 Å². The van der Waals surface area contributed by atoms with Crippen LogP contribution < -0.4 is 0 Å². The summed E-state index contributed by atoms with van der Waals surface area (Å²) in [5, 5.41) is 13.8. The van der Waals surface area contributed by atoms with Crippen LogP contribution in [-0.4, -0.2) is 24.9 Å². The Kier molecular flexibility index (Phi) is 4.17. The number of rotatable bonds is 4. The molecule has 2 aromatic heterocycles. The lowest BCUT2D eigenvalue weighted by atomic mass is 10.2. The largest absolute Gasteiger partial charge is 0.338 e. The summed E-state index contributed by atoms with van der Waals surface area (Å²) in [6, 6.07) is 7.52. The third-order valence-corrected chi connectivity index (χ3v) is 4.48. The maximum Gasteiger partial charge on any atom is 0.239 e. The molecule has 0 N–H and O–H groups in total. The van der Waals surface area contributed by atoms with Gasteiger partial charge in [-0.05, 0) is 38.1 Å². The van der Waals surface area contributed by atoms with Crippen molar-refractivity contribution in [3.8, 4) is 11.4 Å². The standard InChI is InChI=1S/C14H14ClN5OS/c1-8(13-16-9(2)19-21-13)22-14-18-17-12(20(14)3)10-4-6-11(15)7-5-10/h4-8H,1-3H3. The van der Waals surface area contributed by atoms with Gasteiger partial charge in [0.15, 0.2) is 16.8 Å². The van der Waals surface area contributed by atoms with Crippen LogP contribution in [0.2, 0.25) is 5.02 Å². The number of hydrogen-bond acceptors (Lipinski definition) is 6. The summed E-state index contributed by atoms with van der Waals surface area (Å²) >= 11 is 7.43. The van der Waals surface area contributed by atoms with Gasteiger partial charge in [0, 0.05) is 17.6 Å². The zero-order valence-electron chi connectivity index (χ0n) is 12.3. The second-order valence-electron chi connectivity index (χ2n) is 4.81. The summed E-state index contributed by atoms with van der Waals surface area (Å²) < 4.78 is 7.13. The molecule has 0 amide bonds. The van der Waals surface area contributed by atoms with Gasteiger partial charge in [-0.25, -0.2) is 0 Å². The Morgan fingerprint density at radius 3 is 2.59 bits per heavy atom. The Balaban J connectivity index is 1.82. The first-order valence-corrected chi connectivity index (χ1v) is 7.92. The van der Waals surface area contributed by atoms with E-state index in [0.29, 0.717) is 16.7 Å². The van der Waals surface area contributed by atoms with E-state index in [1.165, 1.54) is 11.8 Å². The number of nitrogens with zero attached hydrogens (tertiary/aromatic N) is 5. The molecule has 114 valence electrons. The highest BCUT2D eigenvalue weighted by Crippen LogP contribution is 2.34. The summed E-state index contributed by atoms with van der Waals surface area (Å²) in [7, 11) is 1.93. The Hall–Kier alpha value is -1.86. The number of benzene rings is 1. The Labute approximate surface area is 136 Å². The summed E-state index contributed by atoms with van der Waals surface area (Å²) in [6.45, 7) is 3.79. The first-order valence-electron chi connectivity index (χ1n) is 6.67. The molecule has 1 atom stereocenters. The number of halogens is 1. The van der Waals surface area contributed by atoms with Crippen molar-refractivity contribution in [1.82, 2.24) is 24.9 Å². The molecule has 0 aliphatic heterocycles. The minimum Gasteiger partial charge on any atom is -0.338 e. The second kappa shape index (κ2) is 6.10. The maximum absolute atomic E-state index is 5.91. The van der Waals surface area contributed by atoms with Crippen molar-refractivity contribution in [1.29, 1.82) is 0 Å². The predicted molar refractivity (Wildman–Crippen MR) is 84.8 cm³/mol. The number of aromatic nitrogens is 5. The van der Waals surface area contributed by atoms with E-state index in [0.717, 1.165) is 16.5 Å². The SMILES string of the molecule is Cc1noc(C(C)Sc2nnc(-c3ccc(Cl)cc3)n2C)n1. The zero-order valence-corrected chi connectivity index (χ0v) is 13.9. The van der Waals surface area contributed by atoms with Crippen molar-refractivity contribution in [3.63, 3.8) is 0 Å². The average Bonchev–Trinajstić information content (AvgIpc) is 3.08. The van der Waals surface area contributed by atoms with Crippen LogP contribution in [0.3, 0.4) is 0 Å². The molecule has 0 aliphatic carbocycles. The molecule has 8 heteroatoms. The highest BCUT2D eigenvalue weighted by atomic mass is 35.5. The van der Waals surface area contributed by atoms with Crippen molar-refractivity contribution in [2.75, 3.05) is 0 Å². The first-order chi connectivity index (χ1) is 10.5. The van der Waals surface area contributed by atoms with Gasteiger partial charge in [0.2, 0.25) is 5.89 Å². The molecule has 1 aromatic carbocycles. The van der Waals surface area contributed by atoms with Crippen LogP contribution in [0.5, 0.6) is 0 Å². The molecule has 2 heterocycles. The molecule has 22 heavy (non-hydrogen) atoms. The van der Waals surface area contributed by atoms with E-state index >= 15 is 0 Å². The van der Waals surface area contributed by atoms with Crippen molar-refractivity contribution < 1.29 is 4.52 Å². The minimum absolute atomic E-state index is 0.00201. The fourth-order valence-electron chi connectivity index (χ4n) is 1.95. The predicted octanol–water partition coefficient (Wildman–Crippen LogP) is 3.68. The quantitative estimate of drug-likeness (QED) is 0.677. The Morgan fingerprint density at radius 1 is 1.23 bits per heavy atom. The van der Waals surface area contributed by atoms with Crippen molar-refractivity contribution >= 4 is 23.4 Å². The summed E-state index contributed by atoms with van der Waals surface area (Å²) in [5.74, 6) is 1.99. The molecule has 6 nitrogen and oxygen atoms in total. The molecule has 0 saturated carbocycles. The molecular weight excluding hydrogens is 322 g/mol. The molecule has 0 spiro atoms. The number of hydrogen-bond donors (Lipinski definition) is 0. The highest BCUT2D eigenvalue weighted by Gasteiger charge is 2.19. The Morgan fingerprint density at radius 2 is 1.95 bits per heavy atom. The topological polar surface area (TPSA) is 69.6 Å². The molecule has 1 unspecified atom stereocenters. The minimum atomic E-state index is 0.00201. The van der Waals surface area contributed by atoms with Crippen molar-refractivity contribution in [2.24, 2.45) is 7.05 Å². The van der Waals surface area contributed by atoms with Crippen LogP contribution in [0.4, 0.5) is 0 Å². The molecule has 0 saturated heterocycles. The van der Waals surface area contributed by atoms with E-state index in [2.05, 4.69) is 20.3 Å². The van der Waals surface area contributed by atoms with Crippen LogP contribution in [-0.2, 0) is 7.05 Å². The number of aryl methyl sites for hydroxylation is 1. The van der Waals surface area contributed by atoms with Crippen molar-refractivity contribution in [2.45, 2.75) is 24.3 Å². The van der Waals surface area contributed by atoms with Crippen LogP contribution in [0.15, 0.2) is 33.9 Å². The fourth-order valence-corrected chi connectivity index (χ4v) is 2.93. The third kappa shape index (κ3) is 3.00. The van der Waals surface area contributed by atoms with E-state index in [-0.39, 0.29) is 5.25 Å². The smallest absolute Gasteiger partial charge is 0.239 e. The number of thioether (sulfide) groups is 1. The van der Waals surface area contributed by atoms with Crippen LogP contribution in [0.25, 0.3) is 11.4 Å². The van der Waals surface area contributed by atoms with E-state index in [1.807, 2.05) is 42.8 Å². The van der Waals surface area contributed by atoms with Gasteiger partial charge in [0.1, 0.15) is 0 Å². The fraction of sp³-hybridized carbons (Fsp3) is 0.286. The molecule has 3 rings (SSSR count). The maximum atomic E-state index is 5.91. The van der Waals surface area contributed by atoms with Gasteiger partial charge in [0.25, 0.3) is 0 Å². The van der Waals surface area contributed by atoms with Crippen LogP contribution in [0, 0.1) is 6.92 Å². The first kappa shape index (κ1) is 15.1. The van der Waals surface area contributed by atoms with Gasteiger partial charge in [-0.15, -0.1) is 10.2 Å². The molecule has 3 aromatic rings. The second-order valence-corrected chi connectivity index (χ2v) is 6.56. The van der Waals surface area contributed by atoms with E-state index in [9.17, 15) is 0 Å². The van der Waals surface area contributed by atoms with Gasteiger partial charge < -0.3 is 9.09 Å². The normalized spacial score (nSPS) is 12.5. The lowest BCUT2D eigenvalue weighted by Crippen LogP contribution is -1.97. The lowest BCUT2D eigenvalue weighted by molar-refractivity contribution is 0.376. The molecule has 0 bridgehead atoms. The summed E-state index contributed by atoms with van der Waals surface area (Å²) in [4.78, 5) is 4.24. The third-order valence-electron chi connectivity index (χ3n) is 3.11. The van der Waals surface area contributed by atoms with Gasteiger partial charge in [-0.2, -0.15) is 4.98 Å². The van der Waals surface area contributed by atoms with Gasteiger partial charge in [-0.1, -0.05) is 28.5 Å². The molecular formula is C14H14ClN5OS. The summed E-state index contributed by atoms with van der Waals surface area (Å²) in [6.07, 6.45) is 0. The van der Waals surface area contributed by atoms with Gasteiger partial charge in [-0.3, -0.25) is 0 Å². The molecule has 0 aliphatic rings. The van der Waals surface area contributed by atoms with Gasteiger partial charge >= 0.3 is 0 Å². The van der Waals surface area contributed by atoms with E-state index < -0.39 is 0 Å². The lowest BCUT2D eigenvalue weighted by Gasteiger charge is -2.06. The Bertz CT molecular complexity index is 783. The molecule has 0 radical (unpaired) electrons. The van der Waals surface area contributed by atoms with Crippen LogP contribution in [0.1, 0.15) is 23.9 Å². The average molecular weight is 336 g/mol. The van der Waals surface area contributed by atoms with E-state index in [4.69, 9.17) is 16.1 Å². The monoisotopic (exact) mass is 335 g/mol. The zero-order chi connectivity index (χ0) is 15.7. The van der Waals surface area contributed by atoms with Crippen molar-refractivity contribution in [3.05, 3.63) is 41.0 Å². The highest BCUT2D eigenvalue weighted by molar-refractivity contribution is 7.99.